The average Bonchev–Trinajstić information content (AvgIpc) is 3.07. The Kier molecular flexibility index (Phi) is 4.82. The topological polar surface area (TPSA) is 100 Å². The highest BCUT2D eigenvalue weighted by molar-refractivity contribution is 7.13. The van der Waals surface area contributed by atoms with E-state index < -0.39 is 5.60 Å². The van der Waals surface area contributed by atoms with E-state index in [-0.39, 0.29) is 5.91 Å². The Bertz CT molecular complexity index is 638. The Hall–Kier alpha value is -2.06. The Morgan fingerprint density at radius 1 is 1.30 bits per heavy atom. The molecule has 2 aromatic rings. The SMILES string of the molecule is O=C(Nc1nncs1)c1ccc(NCC2(O)CCCCC2)nc1. The van der Waals surface area contributed by atoms with Crippen LogP contribution in [0, 0.1) is 0 Å². The van der Waals surface area contributed by atoms with Crippen LogP contribution in [0.4, 0.5) is 10.9 Å². The molecule has 2 heterocycles. The molecule has 1 aliphatic rings. The fraction of sp³-hybridized carbons (Fsp3) is 0.467. The van der Waals surface area contributed by atoms with Crippen molar-refractivity contribution in [3.05, 3.63) is 29.4 Å². The number of amides is 1. The molecule has 0 saturated heterocycles. The highest BCUT2D eigenvalue weighted by Crippen LogP contribution is 2.28. The lowest BCUT2D eigenvalue weighted by Crippen LogP contribution is -2.38. The lowest BCUT2D eigenvalue weighted by atomic mass is 9.85. The third-order valence-corrected chi connectivity index (χ3v) is 4.60. The van der Waals surface area contributed by atoms with Gasteiger partial charge < -0.3 is 10.4 Å². The largest absolute Gasteiger partial charge is 0.388 e. The normalized spacial score (nSPS) is 16.7. The molecule has 8 heteroatoms. The van der Waals surface area contributed by atoms with Crippen LogP contribution in [0.25, 0.3) is 0 Å². The van der Waals surface area contributed by atoms with Crippen LogP contribution in [0.3, 0.4) is 0 Å². The van der Waals surface area contributed by atoms with Crippen molar-refractivity contribution in [2.24, 2.45) is 0 Å². The summed E-state index contributed by atoms with van der Waals surface area (Å²) in [6.45, 7) is 0.482. The van der Waals surface area contributed by atoms with Gasteiger partial charge in [-0.05, 0) is 25.0 Å². The standard InChI is InChI=1S/C15H19N5O2S/c21-13(19-14-20-18-10-23-14)11-4-5-12(16-8-11)17-9-15(22)6-2-1-3-7-15/h4-5,8,10,22H,1-3,6-7,9H2,(H,16,17)(H,19,20,21). The van der Waals surface area contributed by atoms with Gasteiger partial charge in [0.05, 0.1) is 11.2 Å². The minimum absolute atomic E-state index is 0.272. The van der Waals surface area contributed by atoms with Crippen LogP contribution in [0.2, 0.25) is 0 Å². The van der Waals surface area contributed by atoms with E-state index in [0.717, 1.165) is 25.7 Å². The van der Waals surface area contributed by atoms with Crippen LogP contribution in [-0.2, 0) is 0 Å². The maximum Gasteiger partial charge on any atom is 0.259 e. The number of nitrogens with zero attached hydrogens (tertiary/aromatic N) is 3. The lowest BCUT2D eigenvalue weighted by Gasteiger charge is -2.32. The molecule has 0 bridgehead atoms. The minimum Gasteiger partial charge on any atom is -0.388 e. The number of nitrogens with one attached hydrogen (secondary N) is 2. The van der Waals surface area contributed by atoms with Gasteiger partial charge in [-0.2, -0.15) is 0 Å². The van der Waals surface area contributed by atoms with Crippen molar-refractivity contribution in [1.29, 1.82) is 0 Å². The molecule has 7 nitrogen and oxygen atoms in total. The number of hydrogen-bond donors (Lipinski definition) is 3. The smallest absolute Gasteiger partial charge is 0.259 e. The molecule has 23 heavy (non-hydrogen) atoms. The van der Waals surface area contributed by atoms with E-state index in [4.69, 9.17) is 0 Å². The van der Waals surface area contributed by atoms with Crippen LogP contribution in [0.5, 0.6) is 0 Å². The van der Waals surface area contributed by atoms with Gasteiger partial charge in [-0.3, -0.25) is 10.1 Å². The molecule has 1 saturated carbocycles. The fourth-order valence-corrected chi connectivity index (χ4v) is 3.11. The summed E-state index contributed by atoms with van der Waals surface area (Å²) >= 11 is 1.26. The molecule has 0 aromatic carbocycles. The summed E-state index contributed by atoms with van der Waals surface area (Å²) in [5.74, 6) is 0.378. The first kappa shape index (κ1) is 15.8. The molecule has 0 aliphatic heterocycles. The second kappa shape index (κ2) is 7.01. The number of aliphatic hydroxyl groups is 1. The van der Waals surface area contributed by atoms with Gasteiger partial charge in [0.15, 0.2) is 0 Å². The Balaban J connectivity index is 1.55. The molecule has 1 amide bonds. The van der Waals surface area contributed by atoms with Crippen LogP contribution < -0.4 is 10.6 Å². The third-order valence-electron chi connectivity index (χ3n) is 3.99. The molecule has 0 unspecified atom stereocenters. The summed E-state index contributed by atoms with van der Waals surface area (Å²) in [6, 6.07) is 3.43. The van der Waals surface area contributed by atoms with Gasteiger partial charge >= 0.3 is 0 Å². The minimum atomic E-state index is -0.645. The molecule has 3 rings (SSSR count). The van der Waals surface area contributed by atoms with E-state index in [1.165, 1.54) is 24.0 Å². The quantitative estimate of drug-likeness (QED) is 0.776. The Morgan fingerprint density at radius 3 is 2.78 bits per heavy atom. The second-order valence-electron chi connectivity index (χ2n) is 5.77. The maximum atomic E-state index is 12.0. The monoisotopic (exact) mass is 333 g/mol. The molecule has 122 valence electrons. The molecule has 0 radical (unpaired) electrons. The number of carbonyl (C=O) groups excluding carboxylic acids is 1. The predicted molar refractivity (Wildman–Crippen MR) is 88.6 cm³/mol. The number of rotatable bonds is 5. The molecule has 0 atom stereocenters. The highest BCUT2D eigenvalue weighted by atomic mass is 32.1. The molecule has 2 aromatic heterocycles. The zero-order chi connectivity index (χ0) is 16.1. The van der Waals surface area contributed by atoms with Crippen LogP contribution in [-0.4, -0.2) is 38.3 Å². The van der Waals surface area contributed by atoms with E-state index in [0.29, 0.717) is 23.1 Å². The first-order chi connectivity index (χ1) is 11.1. The average molecular weight is 333 g/mol. The van der Waals surface area contributed by atoms with E-state index in [2.05, 4.69) is 25.8 Å². The van der Waals surface area contributed by atoms with Crippen molar-refractivity contribution in [3.63, 3.8) is 0 Å². The maximum absolute atomic E-state index is 12.0. The molecule has 1 fully saturated rings. The number of carbonyl (C=O) groups is 1. The summed E-state index contributed by atoms with van der Waals surface area (Å²) < 4.78 is 0. The summed E-state index contributed by atoms with van der Waals surface area (Å²) in [4.78, 5) is 16.2. The molecular weight excluding hydrogens is 314 g/mol. The van der Waals surface area contributed by atoms with Crippen LogP contribution in [0.1, 0.15) is 42.5 Å². The van der Waals surface area contributed by atoms with Crippen molar-refractivity contribution in [1.82, 2.24) is 15.2 Å². The van der Waals surface area contributed by atoms with Gasteiger partial charge in [-0.15, -0.1) is 10.2 Å². The fourth-order valence-electron chi connectivity index (χ4n) is 2.67. The van der Waals surface area contributed by atoms with E-state index >= 15 is 0 Å². The van der Waals surface area contributed by atoms with Crippen LogP contribution in [0.15, 0.2) is 23.8 Å². The van der Waals surface area contributed by atoms with Crippen molar-refractivity contribution in [2.75, 3.05) is 17.2 Å². The summed E-state index contributed by atoms with van der Waals surface area (Å²) in [7, 11) is 0. The zero-order valence-electron chi connectivity index (χ0n) is 12.7. The van der Waals surface area contributed by atoms with Gasteiger partial charge in [0, 0.05) is 12.7 Å². The summed E-state index contributed by atoms with van der Waals surface area (Å²) in [5, 5.41) is 24.1. The van der Waals surface area contributed by atoms with Gasteiger partial charge in [0.1, 0.15) is 11.3 Å². The Labute approximate surface area is 138 Å². The van der Waals surface area contributed by atoms with Crippen molar-refractivity contribution >= 4 is 28.2 Å². The molecule has 0 spiro atoms. The number of aromatic nitrogens is 3. The highest BCUT2D eigenvalue weighted by Gasteiger charge is 2.28. The van der Waals surface area contributed by atoms with E-state index in [1.54, 1.807) is 17.6 Å². The molecular formula is C15H19N5O2S. The van der Waals surface area contributed by atoms with Crippen molar-refractivity contribution in [2.45, 2.75) is 37.7 Å². The number of anilines is 2. The number of hydrogen-bond acceptors (Lipinski definition) is 7. The molecule has 3 N–H and O–H groups in total. The van der Waals surface area contributed by atoms with Gasteiger partial charge in [-0.1, -0.05) is 30.6 Å². The van der Waals surface area contributed by atoms with Crippen molar-refractivity contribution in [3.8, 4) is 0 Å². The lowest BCUT2D eigenvalue weighted by molar-refractivity contribution is 0.0166. The van der Waals surface area contributed by atoms with Gasteiger partial charge in [0.25, 0.3) is 5.91 Å². The van der Waals surface area contributed by atoms with Gasteiger partial charge in [0.2, 0.25) is 5.13 Å². The Morgan fingerprint density at radius 2 is 2.13 bits per heavy atom. The first-order valence-corrected chi connectivity index (χ1v) is 8.52. The zero-order valence-corrected chi connectivity index (χ0v) is 13.5. The third kappa shape index (κ3) is 4.23. The van der Waals surface area contributed by atoms with E-state index in [9.17, 15) is 9.90 Å². The van der Waals surface area contributed by atoms with Gasteiger partial charge in [-0.25, -0.2) is 4.98 Å². The van der Waals surface area contributed by atoms with E-state index in [1.807, 2.05) is 0 Å². The second-order valence-corrected chi connectivity index (χ2v) is 6.60. The summed E-state index contributed by atoms with van der Waals surface area (Å²) in [6.07, 6.45) is 6.47. The predicted octanol–water partition coefficient (Wildman–Crippen LogP) is 2.29. The molecule has 1 aliphatic carbocycles. The number of pyridine rings is 1. The first-order valence-electron chi connectivity index (χ1n) is 7.64. The van der Waals surface area contributed by atoms with Crippen LogP contribution >= 0.6 is 11.3 Å². The summed E-state index contributed by atoms with van der Waals surface area (Å²) in [5.41, 5.74) is 1.35. The van der Waals surface area contributed by atoms with Crippen molar-refractivity contribution < 1.29 is 9.90 Å².